The maximum Gasteiger partial charge on any atom is 0.276 e. The van der Waals surface area contributed by atoms with E-state index >= 15 is 0 Å². The molecular weight excluding hydrogens is 342 g/mol. The highest BCUT2D eigenvalue weighted by molar-refractivity contribution is 9.10. The smallest absolute Gasteiger partial charge is 0.276 e. The number of hydrogen-bond acceptors (Lipinski definition) is 3. The summed E-state index contributed by atoms with van der Waals surface area (Å²) in [5.41, 5.74) is 5.95. The second-order valence-electron chi connectivity index (χ2n) is 4.06. The Balaban J connectivity index is 2.21. The zero-order valence-electron chi connectivity index (χ0n) is 11.0. The first kappa shape index (κ1) is 16.5. The van der Waals surface area contributed by atoms with Gasteiger partial charge in [0.25, 0.3) is 5.91 Å². The molecule has 0 radical (unpaired) electrons. The summed E-state index contributed by atoms with van der Waals surface area (Å²) >= 11 is 8.28. The Morgan fingerprint density at radius 1 is 1.35 bits per heavy atom. The van der Waals surface area contributed by atoms with Crippen molar-refractivity contribution in [2.75, 3.05) is 13.2 Å². The molecule has 1 rings (SSSR count). The van der Waals surface area contributed by atoms with E-state index in [0.717, 1.165) is 10.0 Å². The minimum absolute atomic E-state index is 0.0995. The lowest BCUT2D eigenvalue weighted by Gasteiger charge is -2.12. The third kappa shape index (κ3) is 7.10. The van der Waals surface area contributed by atoms with E-state index in [2.05, 4.69) is 38.7 Å². The Morgan fingerprint density at radius 3 is 2.60 bits per heavy atom. The topological polar surface area (TPSA) is 62.4 Å². The van der Waals surface area contributed by atoms with Gasteiger partial charge in [-0.1, -0.05) is 28.1 Å². The van der Waals surface area contributed by atoms with Crippen LogP contribution >= 0.6 is 28.1 Å². The molecule has 0 fully saturated rings. The molecule has 3 N–H and O–H groups in total. The number of rotatable bonds is 5. The molecule has 0 heterocycles. The van der Waals surface area contributed by atoms with Crippen LogP contribution in [-0.2, 0) is 4.79 Å². The number of carbonyl (C=O) groups is 1. The molecule has 7 heteroatoms. The minimum Gasteiger partial charge on any atom is -0.484 e. The quantitative estimate of drug-likeness (QED) is 0.426. The molecule has 5 nitrogen and oxygen atoms in total. The van der Waals surface area contributed by atoms with Gasteiger partial charge in [0.1, 0.15) is 5.75 Å². The number of hydrazine groups is 1. The lowest BCUT2D eigenvalue weighted by atomic mass is 10.3. The Hall–Kier alpha value is -1.60. The fourth-order valence-electron chi connectivity index (χ4n) is 1.12. The maximum atomic E-state index is 11.5. The van der Waals surface area contributed by atoms with E-state index in [1.165, 1.54) is 0 Å². The van der Waals surface area contributed by atoms with Gasteiger partial charge in [-0.05, 0) is 43.4 Å². The largest absolute Gasteiger partial charge is 0.484 e. The van der Waals surface area contributed by atoms with Crippen LogP contribution in [0.5, 0.6) is 5.75 Å². The van der Waals surface area contributed by atoms with Crippen molar-refractivity contribution < 1.29 is 9.53 Å². The van der Waals surface area contributed by atoms with Gasteiger partial charge in [0.2, 0.25) is 0 Å². The third-order valence-corrected chi connectivity index (χ3v) is 2.82. The van der Waals surface area contributed by atoms with Gasteiger partial charge in [0, 0.05) is 11.0 Å². The Morgan fingerprint density at radius 2 is 2.00 bits per heavy atom. The van der Waals surface area contributed by atoms with Crippen molar-refractivity contribution in [2.45, 2.75) is 6.92 Å². The third-order valence-electron chi connectivity index (χ3n) is 2.05. The molecular formula is C13H16BrN3O2S. The number of ether oxygens (including phenoxy) is 1. The number of carbonyl (C=O) groups excluding carboxylic acids is 1. The summed E-state index contributed by atoms with van der Waals surface area (Å²) in [4.78, 5) is 11.5. The van der Waals surface area contributed by atoms with Crippen LogP contribution in [0.2, 0.25) is 0 Å². The summed E-state index contributed by atoms with van der Waals surface area (Å²) < 4.78 is 6.25. The summed E-state index contributed by atoms with van der Waals surface area (Å²) in [6.45, 7) is 6.06. The molecule has 0 aliphatic rings. The van der Waals surface area contributed by atoms with Gasteiger partial charge >= 0.3 is 0 Å². The average Bonchev–Trinajstić information content (AvgIpc) is 2.42. The van der Waals surface area contributed by atoms with Gasteiger partial charge in [0.05, 0.1) is 0 Å². The van der Waals surface area contributed by atoms with E-state index in [1.807, 2.05) is 19.1 Å². The molecule has 0 unspecified atom stereocenters. The standard InChI is InChI=1S/C13H16BrN3O2S/c1-9(2)7-15-13(20)17-16-12(18)8-19-11-5-3-10(14)4-6-11/h3-6H,1,7-8H2,2H3,(H,16,18)(H2,15,17,20). The molecule has 0 bridgehead atoms. The molecule has 0 saturated carbocycles. The highest BCUT2D eigenvalue weighted by Crippen LogP contribution is 2.15. The van der Waals surface area contributed by atoms with Crippen LogP contribution in [0.3, 0.4) is 0 Å². The second kappa shape index (κ2) is 8.55. The van der Waals surface area contributed by atoms with Crippen molar-refractivity contribution in [2.24, 2.45) is 0 Å². The van der Waals surface area contributed by atoms with Crippen LogP contribution in [0, 0.1) is 0 Å². The van der Waals surface area contributed by atoms with Gasteiger partial charge in [-0.3, -0.25) is 15.6 Å². The highest BCUT2D eigenvalue weighted by atomic mass is 79.9. The zero-order valence-corrected chi connectivity index (χ0v) is 13.4. The lowest BCUT2D eigenvalue weighted by Crippen LogP contribution is -2.48. The van der Waals surface area contributed by atoms with Crippen LogP contribution in [0.4, 0.5) is 0 Å². The van der Waals surface area contributed by atoms with E-state index < -0.39 is 0 Å². The van der Waals surface area contributed by atoms with Gasteiger partial charge in [-0.2, -0.15) is 0 Å². The predicted octanol–water partition coefficient (Wildman–Crippen LogP) is 1.90. The first-order valence-corrected chi connectivity index (χ1v) is 7.03. The van der Waals surface area contributed by atoms with Crippen LogP contribution in [0.15, 0.2) is 40.9 Å². The second-order valence-corrected chi connectivity index (χ2v) is 5.38. The number of thiocarbonyl (C=S) groups is 1. The van der Waals surface area contributed by atoms with Gasteiger partial charge in [-0.15, -0.1) is 0 Å². The van der Waals surface area contributed by atoms with E-state index in [0.29, 0.717) is 17.4 Å². The first-order chi connectivity index (χ1) is 9.47. The van der Waals surface area contributed by atoms with E-state index in [1.54, 1.807) is 12.1 Å². The van der Waals surface area contributed by atoms with E-state index in [4.69, 9.17) is 17.0 Å². The lowest BCUT2D eigenvalue weighted by molar-refractivity contribution is -0.123. The van der Waals surface area contributed by atoms with Crippen LogP contribution in [0.1, 0.15) is 6.92 Å². The Bertz CT molecular complexity index is 491. The fraction of sp³-hybridized carbons (Fsp3) is 0.231. The van der Waals surface area contributed by atoms with Crippen LogP contribution < -0.4 is 20.9 Å². The molecule has 0 saturated heterocycles. The van der Waals surface area contributed by atoms with Crippen molar-refractivity contribution in [1.82, 2.24) is 16.2 Å². The summed E-state index contributed by atoms with van der Waals surface area (Å²) in [5, 5.41) is 3.20. The average molecular weight is 358 g/mol. The van der Waals surface area contributed by atoms with E-state index in [9.17, 15) is 4.79 Å². The number of nitrogens with one attached hydrogen (secondary N) is 3. The van der Waals surface area contributed by atoms with Crippen molar-refractivity contribution in [1.29, 1.82) is 0 Å². The molecule has 20 heavy (non-hydrogen) atoms. The molecule has 108 valence electrons. The number of benzene rings is 1. The Kier molecular flexibility index (Phi) is 7.03. The fourth-order valence-corrected chi connectivity index (χ4v) is 1.51. The first-order valence-electron chi connectivity index (χ1n) is 5.83. The maximum absolute atomic E-state index is 11.5. The van der Waals surface area contributed by atoms with Crippen LogP contribution in [-0.4, -0.2) is 24.2 Å². The van der Waals surface area contributed by atoms with Gasteiger partial charge in [0.15, 0.2) is 11.7 Å². The van der Waals surface area contributed by atoms with Crippen molar-refractivity contribution in [3.63, 3.8) is 0 Å². The molecule has 1 aromatic carbocycles. The summed E-state index contributed by atoms with van der Waals surface area (Å²) in [5.74, 6) is 0.290. The van der Waals surface area contributed by atoms with Crippen molar-refractivity contribution in [3.05, 3.63) is 40.9 Å². The molecule has 0 spiro atoms. The normalized spacial score (nSPS) is 9.50. The predicted molar refractivity (Wildman–Crippen MR) is 86.3 cm³/mol. The molecule has 0 aliphatic heterocycles. The summed E-state index contributed by atoms with van der Waals surface area (Å²) in [7, 11) is 0. The van der Waals surface area contributed by atoms with Gasteiger partial charge < -0.3 is 10.1 Å². The molecule has 0 atom stereocenters. The molecule has 0 aromatic heterocycles. The van der Waals surface area contributed by atoms with Crippen molar-refractivity contribution in [3.8, 4) is 5.75 Å². The molecule has 1 aromatic rings. The monoisotopic (exact) mass is 357 g/mol. The van der Waals surface area contributed by atoms with Crippen molar-refractivity contribution >= 4 is 39.2 Å². The number of amides is 1. The SMILES string of the molecule is C=C(C)CNC(=S)NNC(=O)COc1ccc(Br)cc1. The van der Waals surface area contributed by atoms with E-state index in [-0.39, 0.29) is 12.5 Å². The summed E-state index contributed by atoms with van der Waals surface area (Å²) in [6.07, 6.45) is 0. The highest BCUT2D eigenvalue weighted by Gasteiger charge is 2.03. The Labute approximate surface area is 131 Å². The van der Waals surface area contributed by atoms with Crippen LogP contribution in [0.25, 0.3) is 0 Å². The number of hydrogen-bond donors (Lipinski definition) is 3. The molecule has 0 aliphatic carbocycles. The number of halogens is 1. The van der Waals surface area contributed by atoms with Gasteiger partial charge in [-0.25, -0.2) is 0 Å². The summed E-state index contributed by atoms with van der Waals surface area (Å²) in [6, 6.07) is 7.21. The zero-order chi connectivity index (χ0) is 15.0. The molecule has 1 amide bonds. The minimum atomic E-state index is -0.326.